The van der Waals surface area contributed by atoms with E-state index in [1.807, 2.05) is 13.0 Å². The summed E-state index contributed by atoms with van der Waals surface area (Å²) in [6.45, 7) is 2.25. The number of benzene rings is 1. The van der Waals surface area contributed by atoms with E-state index in [-0.39, 0.29) is 11.5 Å². The lowest BCUT2D eigenvalue weighted by molar-refractivity contribution is 0.595. The lowest BCUT2D eigenvalue weighted by Gasteiger charge is -2.06. The van der Waals surface area contributed by atoms with E-state index in [1.165, 1.54) is 0 Å². The van der Waals surface area contributed by atoms with Crippen LogP contribution in [0.5, 0.6) is 0 Å². The van der Waals surface area contributed by atoms with Gasteiger partial charge in [0.05, 0.1) is 17.4 Å². The smallest absolute Gasteiger partial charge is 0.152 e. The Morgan fingerprint density at radius 3 is 2.41 bits per heavy atom. The van der Waals surface area contributed by atoms with Crippen molar-refractivity contribution < 1.29 is 8.42 Å². The molecule has 0 aliphatic rings. The summed E-state index contributed by atoms with van der Waals surface area (Å²) in [6.07, 6.45) is 0.652. The van der Waals surface area contributed by atoms with E-state index in [1.54, 1.807) is 24.3 Å². The second-order valence-electron chi connectivity index (χ2n) is 3.77. The molecule has 0 spiro atoms. The van der Waals surface area contributed by atoms with E-state index < -0.39 is 9.84 Å². The maximum atomic E-state index is 11.4. The van der Waals surface area contributed by atoms with Crippen molar-refractivity contribution >= 4 is 15.5 Å². The molecule has 92 valence electrons. The van der Waals surface area contributed by atoms with Crippen molar-refractivity contribution in [3.05, 3.63) is 29.8 Å². The van der Waals surface area contributed by atoms with Crippen LogP contribution in [0.2, 0.25) is 0 Å². The third-order valence-corrected chi connectivity index (χ3v) is 4.13. The van der Waals surface area contributed by atoms with Crippen molar-refractivity contribution in [3.63, 3.8) is 0 Å². The van der Waals surface area contributed by atoms with Crippen LogP contribution in [0.3, 0.4) is 0 Å². The maximum absolute atomic E-state index is 11.4. The lowest BCUT2D eigenvalue weighted by atomic mass is 10.2. The summed E-state index contributed by atoms with van der Waals surface area (Å²) in [5.41, 5.74) is 1.42. The quantitative estimate of drug-likeness (QED) is 0.838. The van der Waals surface area contributed by atoms with Gasteiger partial charge in [0.2, 0.25) is 0 Å². The minimum atomic E-state index is -2.93. The molecule has 0 radical (unpaired) electrons. The molecule has 4 nitrogen and oxygen atoms in total. The summed E-state index contributed by atoms with van der Waals surface area (Å²) in [5, 5.41) is 11.6. The van der Waals surface area contributed by atoms with Crippen LogP contribution in [0.15, 0.2) is 24.3 Å². The van der Waals surface area contributed by atoms with Crippen molar-refractivity contribution in [1.29, 1.82) is 5.26 Å². The van der Waals surface area contributed by atoms with Gasteiger partial charge >= 0.3 is 0 Å². The van der Waals surface area contributed by atoms with E-state index in [4.69, 9.17) is 5.26 Å². The van der Waals surface area contributed by atoms with Crippen LogP contribution in [0.1, 0.15) is 18.9 Å². The maximum Gasteiger partial charge on any atom is 0.152 e. The molecule has 0 saturated heterocycles. The normalized spacial score (nSPS) is 10.8. The molecule has 0 bridgehead atoms. The first-order valence-corrected chi connectivity index (χ1v) is 7.34. The first-order chi connectivity index (χ1) is 8.07. The molecule has 0 fully saturated rings. The van der Waals surface area contributed by atoms with Gasteiger partial charge < -0.3 is 5.32 Å². The average Bonchev–Trinajstić information content (AvgIpc) is 2.29. The van der Waals surface area contributed by atoms with Crippen LogP contribution in [-0.2, 0) is 9.84 Å². The van der Waals surface area contributed by atoms with Gasteiger partial charge in [0.1, 0.15) is 0 Å². The van der Waals surface area contributed by atoms with Crippen LogP contribution in [0.4, 0.5) is 5.69 Å². The molecule has 5 heteroatoms. The number of nitriles is 1. The zero-order valence-corrected chi connectivity index (χ0v) is 10.6. The zero-order valence-electron chi connectivity index (χ0n) is 9.81. The van der Waals surface area contributed by atoms with Gasteiger partial charge in [-0.05, 0) is 30.7 Å². The number of anilines is 1. The highest BCUT2D eigenvalue weighted by Gasteiger charge is 2.08. The number of nitrogens with zero attached hydrogens (tertiary/aromatic N) is 1. The van der Waals surface area contributed by atoms with E-state index in [0.29, 0.717) is 18.5 Å². The second-order valence-corrected chi connectivity index (χ2v) is 6.07. The van der Waals surface area contributed by atoms with Crippen molar-refractivity contribution in [3.8, 4) is 6.07 Å². The minimum Gasteiger partial charge on any atom is -0.384 e. The first kappa shape index (κ1) is 13.5. The third-order valence-electron chi connectivity index (χ3n) is 2.27. The molecule has 17 heavy (non-hydrogen) atoms. The first-order valence-electron chi connectivity index (χ1n) is 5.52. The highest BCUT2D eigenvalue weighted by atomic mass is 32.2. The van der Waals surface area contributed by atoms with E-state index in [0.717, 1.165) is 5.69 Å². The number of rotatable bonds is 6. The van der Waals surface area contributed by atoms with Crippen LogP contribution in [0, 0.1) is 11.3 Å². The molecule has 1 aromatic rings. The van der Waals surface area contributed by atoms with E-state index in [2.05, 4.69) is 5.32 Å². The standard InChI is InChI=1S/C12H16N2O2S/c1-2-8-17(15,16)9-7-14-12-5-3-11(10-13)4-6-12/h3-6,14H,2,7-9H2,1H3. The molecule has 0 unspecified atom stereocenters. The predicted molar refractivity (Wildman–Crippen MR) is 68.6 cm³/mol. The van der Waals surface area contributed by atoms with Crippen molar-refractivity contribution in [2.45, 2.75) is 13.3 Å². The Balaban J connectivity index is 2.44. The van der Waals surface area contributed by atoms with Crippen LogP contribution < -0.4 is 5.32 Å². The monoisotopic (exact) mass is 252 g/mol. The number of sulfone groups is 1. The molecule has 0 atom stereocenters. The Morgan fingerprint density at radius 1 is 1.24 bits per heavy atom. The molecule has 0 aromatic heterocycles. The van der Waals surface area contributed by atoms with E-state index in [9.17, 15) is 8.42 Å². The highest BCUT2D eigenvalue weighted by Crippen LogP contribution is 2.08. The molecular formula is C12H16N2O2S. The predicted octanol–water partition coefficient (Wildman–Crippen LogP) is 1.79. The molecule has 0 aliphatic carbocycles. The Hall–Kier alpha value is -1.54. The zero-order chi connectivity index (χ0) is 12.7. The fraction of sp³-hybridized carbons (Fsp3) is 0.417. The molecule has 1 N–H and O–H groups in total. The lowest BCUT2D eigenvalue weighted by Crippen LogP contribution is -2.18. The Bertz CT molecular complexity index is 486. The van der Waals surface area contributed by atoms with Gasteiger partial charge in [0.15, 0.2) is 9.84 Å². The molecular weight excluding hydrogens is 236 g/mol. The van der Waals surface area contributed by atoms with E-state index >= 15 is 0 Å². The van der Waals surface area contributed by atoms with Gasteiger partial charge in [-0.3, -0.25) is 0 Å². The Morgan fingerprint density at radius 2 is 1.88 bits per heavy atom. The molecule has 0 amide bonds. The number of hydrogen-bond acceptors (Lipinski definition) is 4. The summed E-state index contributed by atoms with van der Waals surface area (Å²) in [4.78, 5) is 0. The third kappa shape index (κ3) is 4.87. The summed E-state index contributed by atoms with van der Waals surface area (Å²) < 4.78 is 22.9. The van der Waals surface area contributed by atoms with Gasteiger partial charge in [0, 0.05) is 18.0 Å². The summed E-state index contributed by atoms with van der Waals surface area (Å²) >= 11 is 0. The van der Waals surface area contributed by atoms with Crippen molar-refractivity contribution in [2.75, 3.05) is 23.4 Å². The molecule has 0 saturated carbocycles. The molecule has 0 heterocycles. The summed E-state index contributed by atoms with van der Waals surface area (Å²) in [5.74, 6) is 0.378. The molecule has 1 aromatic carbocycles. The SMILES string of the molecule is CCCS(=O)(=O)CCNc1ccc(C#N)cc1. The van der Waals surface area contributed by atoms with Gasteiger partial charge in [-0.25, -0.2) is 8.42 Å². The number of nitrogens with one attached hydrogen (secondary N) is 1. The Kier molecular flexibility index (Phi) is 4.98. The minimum absolute atomic E-state index is 0.140. The Labute approximate surface area is 102 Å². The molecule has 0 aliphatic heterocycles. The van der Waals surface area contributed by atoms with Crippen molar-refractivity contribution in [2.24, 2.45) is 0 Å². The largest absolute Gasteiger partial charge is 0.384 e. The fourth-order valence-electron chi connectivity index (χ4n) is 1.43. The summed E-state index contributed by atoms with van der Waals surface area (Å²) in [6, 6.07) is 8.96. The number of hydrogen-bond donors (Lipinski definition) is 1. The van der Waals surface area contributed by atoms with Gasteiger partial charge in [0.25, 0.3) is 0 Å². The van der Waals surface area contributed by atoms with Gasteiger partial charge in [-0.15, -0.1) is 0 Å². The molecule has 1 rings (SSSR count). The van der Waals surface area contributed by atoms with Crippen molar-refractivity contribution in [1.82, 2.24) is 0 Å². The average molecular weight is 252 g/mol. The summed E-state index contributed by atoms with van der Waals surface area (Å²) in [7, 11) is -2.93. The van der Waals surface area contributed by atoms with Crippen LogP contribution in [-0.4, -0.2) is 26.5 Å². The van der Waals surface area contributed by atoms with Gasteiger partial charge in [-0.2, -0.15) is 5.26 Å². The topological polar surface area (TPSA) is 70.0 Å². The van der Waals surface area contributed by atoms with Gasteiger partial charge in [-0.1, -0.05) is 6.92 Å². The van der Waals surface area contributed by atoms with Crippen LogP contribution >= 0.6 is 0 Å². The highest BCUT2D eigenvalue weighted by molar-refractivity contribution is 7.91. The second kappa shape index (κ2) is 6.26. The fourth-order valence-corrected chi connectivity index (χ4v) is 2.67. The van der Waals surface area contributed by atoms with Crippen LogP contribution in [0.25, 0.3) is 0 Å².